The van der Waals surface area contributed by atoms with Crippen molar-refractivity contribution in [1.82, 2.24) is 14.9 Å². The molecular weight excluding hydrogens is 604 g/mol. The number of ether oxygens (including phenoxy) is 3. The average molecular weight is 634 g/mol. The van der Waals surface area contributed by atoms with Gasteiger partial charge in [-0.15, -0.1) is 0 Å². The average Bonchev–Trinajstić information content (AvgIpc) is 3.00. The Bertz CT molecular complexity index is 2020. The fourth-order valence-electron chi connectivity index (χ4n) is 5.59. The van der Waals surface area contributed by atoms with Crippen LogP contribution in [-0.4, -0.2) is 40.2 Å². The van der Waals surface area contributed by atoms with Gasteiger partial charge in [-0.1, -0.05) is 29.8 Å². The molecule has 1 aliphatic heterocycles. The second-order valence-corrected chi connectivity index (χ2v) is 12.2. The Balaban J connectivity index is 1.43. The zero-order valence-corrected chi connectivity index (χ0v) is 25.9. The van der Waals surface area contributed by atoms with Gasteiger partial charge < -0.3 is 24.1 Å². The Morgan fingerprint density at radius 1 is 1.09 bits per heavy atom. The molecule has 0 saturated carbocycles. The van der Waals surface area contributed by atoms with Crippen LogP contribution in [0.3, 0.4) is 0 Å². The zero-order valence-electron chi connectivity index (χ0n) is 25.1. The minimum atomic E-state index is -0.829. The number of carbonyl (C=O) groups is 1. The molecule has 3 aromatic carbocycles. The van der Waals surface area contributed by atoms with E-state index in [1.807, 2.05) is 12.1 Å². The zero-order chi connectivity index (χ0) is 32.0. The number of fused-ring (bicyclic) bond motifs is 5. The van der Waals surface area contributed by atoms with Gasteiger partial charge in [0.1, 0.15) is 35.0 Å². The van der Waals surface area contributed by atoms with Crippen molar-refractivity contribution in [2.24, 2.45) is 0 Å². The van der Waals surface area contributed by atoms with Gasteiger partial charge in [0.2, 0.25) is 0 Å². The Morgan fingerprint density at radius 2 is 1.84 bits per heavy atom. The molecule has 1 aliphatic rings. The largest absolute Gasteiger partial charge is 0.497 e. The molecule has 11 heteroatoms. The van der Waals surface area contributed by atoms with Crippen molar-refractivity contribution in [3.8, 4) is 22.6 Å². The molecule has 0 saturated heterocycles. The third kappa shape index (κ3) is 5.78. The molecule has 0 aliphatic carbocycles. The van der Waals surface area contributed by atoms with Crippen molar-refractivity contribution in [1.29, 1.82) is 0 Å². The lowest BCUT2D eigenvalue weighted by molar-refractivity contribution is 0.0223. The summed E-state index contributed by atoms with van der Waals surface area (Å²) in [6.07, 6.45) is 1.18. The van der Waals surface area contributed by atoms with E-state index in [1.54, 1.807) is 46.1 Å². The first-order chi connectivity index (χ1) is 21.4. The highest BCUT2D eigenvalue weighted by atomic mass is 35.5. The lowest BCUT2D eigenvalue weighted by Crippen LogP contribution is -2.41. The molecule has 232 valence electrons. The molecule has 1 amide bonds. The summed E-state index contributed by atoms with van der Waals surface area (Å²) in [4.78, 5) is 34.4. The fourth-order valence-corrected chi connectivity index (χ4v) is 5.88. The van der Waals surface area contributed by atoms with Crippen LogP contribution in [0.15, 0.2) is 59.5 Å². The molecule has 8 nitrogen and oxygen atoms in total. The van der Waals surface area contributed by atoms with Crippen LogP contribution in [0, 0.1) is 11.6 Å². The topological polar surface area (TPSA) is 93.8 Å². The molecule has 0 fully saturated rings. The van der Waals surface area contributed by atoms with Gasteiger partial charge >= 0.3 is 6.09 Å². The van der Waals surface area contributed by atoms with E-state index in [2.05, 4.69) is 9.97 Å². The molecule has 0 unspecified atom stereocenters. The number of aromatic nitrogens is 2. The van der Waals surface area contributed by atoms with Crippen molar-refractivity contribution in [3.63, 3.8) is 0 Å². The number of rotatable bonds is 5. The number of benzene rings is 3. The molecule has 2 aromatic heterocycles. The second-order valence-electron chi connectivity index (χ2n) is 11.8. The highest BCUT2D eigenvalue weighted by molar-refractivity contribution is 6.35. The first-order valence-corrected chi connectivity index (χ1v) is 14.7. The van der Waals surface area contributed by atoms with Crippen LogP contribution >= 0.6 is 11.6 Å². The summed E-state index contributed by atoms with van der Waals surface area (Å²) in [5.41, 5.74) is 0.800. The van der Waals surface area contributed by atoms with Crippen LogP contribution in [0.5, 0.6) is 11.5 Å². The van der Waals surface area contributed by atoms with E-state index in [9.17, 15) is 9.59 Å². The van der Waals surface area contributed by atoms with Crippen molar-refractivity contribution in [2.75, 3.05) is 13.7 Å². The summed E-state index contributed by atoms with van der Waals surface area (Å²) in [6.45, 7) is 5.72. The summed E-state index contributed by atoms with van der Waals surface area (Å²) >= 11 is 6.73. The standard InChI is InChI=1S/C34H30ClF2N3O5/c1-34(2,3)45-33(42)40-13-12-20-22(16-40)32(41)39-25-15-38-31-21(27(20)25)14-23(35)28(30(31)37)29-24(36)6-5-7-26(29)44-17-18-8-10-19(43-4)11-9-18/h5-11,14-15H,12-13,16-17H2,1-4H3,(H,39,41). The maximum absolute atomic E-state index is 16.5. The number of pyridine rings is 2. The van der Waals surface area contributed by atoms with Gasteiger partial charge in [0, 0.05) is 28.4 Å². The van der Waals surface area contributed by atoms with E-state index >= 15 is 8.78 Å². The maximum atomic E-state index is 16.5. The lowest BCUT2D eigenvalue weighted by Gasteiger charge is -2.31. The normalized spacial score (nSPS) is 13.2. The molecule has 6 rings (SSSR count). The monoisotopic (exact) mass is 633 g/mol. The van der Waals surface area contributed by atoms with Crippen molar-refractivity contribution in [3.05, 3.63) is 98.4 Å². The van der Waals surface area contributed by atoms with Crippen LogP contribution in [0.25, 0.3) is 32.9 Å². The van der Waals surface area contributed by atoms with Crippen molar-refractivity contribution >= 4 is 39.5 Å². The minimum absolute atomic E-state index is 0.0256. The summed E-state index contributed by atoms with van der Waals surface area (Å²) < 4.78 is 48.5. The number of methoxy groups -OCH3 is 1. The third-order valence-corrected chi connectivity index (χ3v) is 7.95. The van der Waals surface area contributed by atoms with Crippen LogP contribution in [0.2, 0.25) is 5.02 Å². The number of hydrogen-bond donors (Lipinski definition) is 1. The quantitative estimate of drug-likeness (QED) is 0.201. The van der Waals surface area contributed by atoms with Gasteiger partial charge in [-0.3, -0.25) is 9.78 Å². The van der Waals surface area contributed by atoms with Gasteiger partial charge in [0.05, 0.1) is 36.0 Å². The Hall–Kier alpha value is -4.70. The second kappa shape index (κ2) is 11.7. The number of nitrogens with one attached hydrogen (secondary N) is 1. The van der Waals surface area contributed by atoms with Crippen molar-refractivity contribution < 1.29 is 27.8 Å². The van der Waals surface area contributed by atoms with E-state index in [-0.39, 0.29) is 46.1 Å². The number of aromatic amines is 1. The Kier molecular flexibility index (Phi) is 7.86. The molecule has 45 heavy (non-hydrogen) atoms. The van der Waals surface area contributed by atoms with Gasteiger partial charge in [-0.2, -0.15) is 0 Å². The SMILES string of the molecule is COc1ccc(COc2cccc(F)c2-c2c(Cl)cc3c(ncc4[nH]c(=O)c5c(c43)CCN(C(=O)OC(C)(C)C)C5)c2F)cc1. The van der Waals surface area contributed by atoms with Gasteiger partial charge in [-0.05, 0) is 68.7 Å². The van der Waals surface area contributed by atoms with E-state index in [0.717, 1.165) is 5.56 Å². The highest BCUT2D eigenvalue weighted by Crippen LogP contribution is 2.43. The van der Waals surface area contributed by atoms with Crippen LogP contribution in [0.4, 0.5) is 13.6 Å². The summed E-state index contributed by atoms with van der Waals surface area (Å²) in [6, 6.07) is 13.0. The summed E-state index contributed by atoms with van der Waals surface area (Å²) in [5, 5.41) is 0.865. The molecule has 3 heterocycles. The molecule has 1 N–H and O–H groups in total. The van der Waals surface area contributed by atoms with E-state index in [0.29, 0.717) is 46.1 Å². The molecule has 0 atom stereocenters. The van der Waals surface area contributed by atoms with Gasteiger partial charge in [0.15, 0.2) is 5.82 Å². The Morgan fingerprint density at radius 3 is 2.56 bits per heavy atom. The minimum Gasteiger partial charge on any atom is -0.497 e. The molecule has 5 aromatic rings. The highest BCUT2D eigenvalue weighted by Gasteiger charge is 2.30. The summed E-state index contributed by atoms with van der Waals surface area (Å²) in [5.74, 6) is -0.756. The third-order valence-electron chi connectivity index (χ3n) is 7.65. The predicted octanol–water partition coefficient (Wildman–Crippen LogP) is 7.56. The Labute approximate surface area is 262 Å². The van der Waals surface area contributed by atoms with E-state index in [1.165, 1.54) is 29.3 Å². The molecule has 0 bridgehead atoms. The number of hydrogen-bond acceptors (Lipinski definition) is 6. The van der Waals surface area contributed by atoms with Gasteiger partial charge in [-0.25, -0.2) is 13.6 Å². The van der Waals surface area contributed by atoms with E-state index < -0.39 is 23.3 Å². The van der Waals surface area contributed by atoms with Crippen LogP contribution in [0.1, 0.15) is 37.5 Å². The first kappa shape index (κ1) is 30.3. The van der Waals surface area contributed by atoms with Crippen LogP contribution < -0.4 is 15.0 Å². The maximum Gasteiger partial charge on any atom is 0.410 e. The fraction of sp³-hybridized carbons (Fsp3) is 0.265. The van der Waals surface area contributed by atoms with Gasteiger partial charge in [0.25, 0.3) is 5.56 Å². The molecular formula is C34H30ClF2N3O5. The number of amides is 1. The number of H-pyrrole nitrogens is 1. The summed E-state index contributed by atoms with van der Waals surface area (Å²) in [7, 11) is 1.57. The van der Waals surface area contributed by atoms with E-state index in [4.69, 9.17) is 25.8 Å². The predicted molar refractivity (Wildman–Crippen MR) is 168 cm³/mol. The molecule has 0 radical (unpaired) electrons. The number of carbonyl (C=O) groups excluding carboxylic acids is 1. The first-order valence-electron chi connectivity index (χ1n) is 14.3. The molecule has 0 spiro atoms. The number of nitrogens with zero attached hydrogens (tertiary/aromatic N) is 2. The van der Waals surface area contributed by atoms with Crippen molar-refractivity contribution in [2.45, 2.75) is 45.9 Å². The lowest BCUT2D eigenvalue weighted by atomic mass is 9.93. The smallest absolute Gasteiger partial charge is 0.410 e. The van der Waals surface area contributed by atoms with Crippen LogP contribution in [-0.2, 0) is 24.3 Å². The number of halogens is 3.